The zero-order valence-electron chi connectivity index (χ0n) is 12.4. The van der Waals surface area contributed by atoms with E-state index in [0.29, 0.717) is 17.3 Å². The summed E-state index contributed by atoms with van der Waals surface area (Å²) < 4.78 is 10.3. The van der Waals surface area contributed by atoms with Gasteiger partial charge in [-0.15, -0.1) is 0 Å². The smallest absolute Gasteiger partial charge is 0.344 e. The molecule has 0 aromatic heterocycles. The molecule has 1 N–H and O–H groups in total. The van der Waals surface area contributed by atoms with Crippen LogP contribution in [0.5, 0.6) is 5.75 Å². The Morgan fingerprint density at radius 2 is 2.10 bits per heavy atom. The Kier molecular flexibility index (Phi) is 7.02. The Hall–Kier alpha value is -1.75. The van der Waals surface area contributed by atoms with E-state index in [9.17, 15) is 9.59 Å². The highest BCUT2D eigenvalue weighted by Gasteiger charge is 2.17. The van der Waals surface area contributed by atoms with Crippen LogP contribution in [-0.2, 0) is 14.3 Å². The number of rotatable bonds is 7. The fraction of sp³-hybridized carbons (Fsp3) is 0.467. The summed E-state index contributed by atoms with van der Waals surface area (Å²) in [5, 5.41) is 3.26. The lowest BCUT2D eigenvalue weighted by Crippen LogP contribution is -2.37. The summed E-state index contributed by atoms with van der Waals surface area (Å²) in [6.45, 7) is 5.60. The minimum atomic E-state index is -0.834. The number of amides is 1. The molecular formula is C15H20ClNO4. The molecule has 1 atom stereocenters. The molecule has 116 valence electrons. The summed E-state index contributed by atoms with van der Waals surface area (Å²) in [5.41, 5.74) is 0.823. The third-order valence-corrected chi connectivity index (χ3v) is 2.94. The van der Waals surface area contributed by atoms with Gasteiger partial charge in [-0.3, -0.25) is 4.79 Å². The molecule has 0 aliphatic rings. The SMILES string of the molecule is CCCNC(=O)C(C)OC(=O)COc1ccc(Cl)cc1C. The van der Waals surface area contributed by atoms with Crippen molar-refractivity contribution in [2.45, 2.75) is 33.3 Å². The first kappa shape index (κ1) is 17.3. The van der Waals surface area contributed by atoms with Crippen LogP contribution in [0.15, 0.2) is 18.2 Å². The van der Waals surface area contributed by atoms with Gasteiger partial charge in [0, 0.05) is 11.6 Å². The molecule has 0 spiro atoms. The molecule has 5 nitrogen and oxygen atoms in total. The van der Waals surface area contributed by atoms with E-state index >= 15 is 0 Å². The molecular weight excluding hydrogens is 294 g/mol. The topological polar surface area (TPSA) is 64.6 Å². The quantitative estimate of drug-likeness (QED) is 0.785. The summed E-state index contributed by atoms with van der Waals surface area (Å²) in [6.07, 6.45) is -0.00953. The van der Waals surface area contributed by atoms with E-state index in [4.69, 9.17) is 21.1 Å². The van der Waals surface area contributed by atoms with Gasteiger partial charge in [0.05, 0.1) is 0 Å². The molecule has 0 aliphatic heterocycles. The van der Waals surface area contributed by atoms with Crippen LogP contribution < -0.4 is 10.1 Å². The molecule has 6 heteroatoms. The van der Waals surface area contributed by atoms with Gasteiger partial charge in [0.1, 0.15) is 5.75 Å². The van der Waals surface area contributed by atoms with Crippen molar-refractivity contribution >= 4 is 23.5 Å². The molecule has 21 heavy (non-hydrogen) atoms. The van der Waals surface area contributed by atoms with Gasteiger partial charge in [-0.25, -0.2) is 4.79 Å². The number of hydrogen-bond acceptors (Lipinski definition) is 4. The normalized spacial score (nSPS) is 11.6. The van der Waals surface area contributed by atoms with Crippen LogP contribution in [0, 0.1) is 6.92 Å². The number of carbonyl (C=O) groups is 2. The van der Waals surface area contributed by atoms with E-state index < -0.39 is 12.1 Å². The van der Waals surface area contributed by atoms with Gasteiger partial charge in [-0.05, 0) is 44.0 Å². The minimum Gasteiger partial charge on any atom is -0.482 e. The summed E-state index contributed by atoms with van der Waals surface area (Å²) in [7, 11) is 0. The number of halogens is 1. The Labute approximate surface area is 129 Å². The molecule has 1 aromatic carbocycles. The average Bonchev–Trinajstić information content (AvgIpc) is 2.43. The first-order chi connectivity index (χ1) is 9.93. The molecule has 0 aliphatic carbocycles. The first-order valence-electron chi connectivity index (χ1n) is 6.80. The van der Waals surface area contributed by atoms with Crippen LogP contribution in [0.2, 0.25) is 5.02 Å². The predicted octanol–water partition coefficient (Wildman–Crippen LogP) is 2.49. The van der Waals surface area contributed by atoms with Crippen molar-refractivity contribution < 1.29 is 19.1 Å². The number of hydrogen-bond donors (Lipinski definition) is 1. The highest BCUT2D eigenvalue weighted by atomic mass is 35.5. The summed E-state index contributed by atoms with van der Waals surface area (Å²) >= 11 is 5.83. The Morgan fingerprint density at radius 3 is 2.71 bits per heavy atom. The lowest BCUT2D eigenvalue weighted by Gasteiger charge is -2.14. The van der Waals surface area contributed by atoms with Crippen LogP contribution in [0.3, 0.4) is 0 Å². The lowest BCUT2D eigenvalue weighted by atomic mass is 10.2. The largest absolute Gasteiger partial charge is 0.482 e. The number of esters is 1. The molecule has 1 rings (SSSR count). The van der Waals surface area contributed by atoms with Crippen LogP contribution in [0.25, 0.3) is 0 Å². The number of benzene rings is 1. The zero-order valence-corrected chi connectivity index (χ0v) is 13.2. The second kappa shape index (κ2) is 8.52. The van der Waals surface area contributed by atoms with Crippen LogP contribution in [-0.4, -0.2) is 31.1 Å². The number of nitrogens with one attached hydrogen (secondary N) is 1. The van der Waals surface area contributed by atoms with E-state index in [1.165, 1.54) is 6.92 Å². The lowest BCUT2D eigenvalue weighted by molar-refractivity contribution is -0.156. The van der Waals surface area contributed by atoms with Gasteiger partial charge in [0.2, 0.25) is 0 Å². The maximum atomic E-state index is 11.6. The van der Waals surface area contributed by atoms with E-state index in [1.54, 1.807) is 18.2 Å². The number of ether oxygens (including phenoxy) is 2. The van der Waals surface area contributed by atoms with Gasteiger partial charge < -0.3 is 14.8 Å². The van der Waals surface area contributed by atoms with Gasteiger partial charge in [-0.2, -0.15) is 0 Å². The van der Waals surface area contributed by atoms with E-state index in [1.807, 2.05) is 13.8 Å². The zero-order chi connectivity index (χ0) is 15.8. The van der Waals surface area contributed by atoms with Gasteiger partial charge in [0.25, 0.3) is 5.91 Å². The molecule has 1 aromatic rings. The Morgan fingerprint density at radius 1 is 1.38 bits per heavy atom. The monoisotopic (exact) mass is 313 g/mol. The summed E-state index contributed by atoms with van der Waals surface area (Å²) in [4.78, 5) is 23.2. The molecule has 0 saturated heterocycles. The summed E-state index contributed by atoms with van der Waals surface area (Å²) in [6, 6.07) is 5.10. The predicted molar refractivity (Wildman–Crippen MR) is 80.5 cm³/mol. The Bertz CT molecular complexity index is 504. The van der Waals surface area contributed by atoms with Crippen LogP contribution in [0.4, 0.5) is 0 Å². The fourth-order valence-electron chi connectivity index (χ4n) is 1.59. The first-order valence-corrected chi connectivity index (χ1v) is 7.18. The second-order valence-electron chi connectivity index (χ2n) is 4.62. The fourth-order valence-corrected chi connectivity index (χ4v) is 1.81. The molecule has 0 heterocycles. The molecule has 0 radical (unpaired) electrons. The maximum Gasteiger partial charge on any atom is 0.344 e. The van der Waals surface area contributed by atoms with Crippen LogP contribution in [0.1, 0.15) is 25.8 Å². The van der Waals surface area contributed by atoms with E-state index in [2.05, 4.69) is 5.32 Å². The van der Waals surface area contributed by atoms with Crippen molar-refractivity contribution in [2.75, 3.05) is 13.2 Å². The van der Waals surface area contributed by atoms with Crippen molar-refractivity contribution in [3.63, 3.8) is 0 Å². The van der Waals surface area contributed by atoms with E-state index in [0.717, 1.165) is 12.0 Å². The third kappa shape index (κ3) is 6.04. The average molecular weight is 314 g/mol. The van der Waals surface area contributed by atoms with Crippen molar-refractivity contribution in [3.8, 4) is 5.75 Å². The summed E-state index contributed by atoms with van der Waals surface area (Å²) in [5.74, 6) is -0.351. The second-order valence-corrected chi connectivity index (χ2v) is 5.06. The number of carbonyl (C=O) groups excluding carboxylic acids is 2. The molecule has 0 bridgehead atoms. The van der Waals surface area contributed by atoms with Crippen molar-refractivity contribution in [1.82, 2.24) is 5.32 Å². The van der Waals surface area contributed by atoms with Gasteiger partial charge in [0.15, 0.2) is 12.7 Å². The Balaban J connectivity index is 2.41. The number of aryl methyl sites for hydroxylation is 1. The highest BCUT2D eigenvalue weighted by molar-refractivity contribution is 6.30. The third-order valence-electron chi connectivity index (χ3n) is 2.71. The minimum absolute atomic E-state index is 0.256. The van der Waals surface area contributed by atoms with Gasteiger partial charge >= 0.3 is 5.97 Å². The standard InChI is InChI=1S/C15H20ClNO4/c1-4-7-17-15(19)11(3)21-14(18)9-20-13-6-5-12(16)8-10(13)2/h5-6,8,11H,4,7,9H2,1-3H3,(H,17,19). The molecule has 0 fully saturated rings. The molecule has 0 saturated carbocycles. The maximum absolute atomic E-state index is 11.6. The highest BCUT2D eigenvalue weighted by Crippen LogP contribution is 2.21. The van der Waals surface area contributed by atoms with Crippen molar-refractivity contribution in [2.24, 2.45) is 0 Å². The van der Waals surface area contributed by atoms with Gasteiger partial charge in [-0.1, -0.05) is 18.5 Å². The van der Waals surface area contributed by atoms with Crippen LogP contribution >= 0.6 is 11.6 Å². The molecule has 1 amide bonds. The van der Waals surface area contributed by atoms with Crippen molar-refractivity contribution in [3.05, 3.63) is 28.8 Å². The van der Waals surface area contributed by atoms with E-state index in [-0.39, 0.29) is 12.5 Å². The van der Waals surface area contributed by atoms with Crippen molar-refractivity contribution in [1.29, 1.82) is 0 Å². The molecule has 1 unspecified atom stereocenters.